The zero-order valence-electron chi connectivity index (χ0n) is 11.6. The van der Waals surface area contributed by atoms with Gasteiger partial charge in [0.1, 0.15) is 0 Å². The van der Waals surface area contributed by atoms with Crippen molar-refractivity contribution in [3.63, 3.8) is 0 Å². The van der Waals surface area contributed by atoms with Crippen molar-refractivity contribution in [2.45, 2.75) is 25.2 Å². The maximum absolute atomic E-state index is 12.6. The molecule has 0 unspecified atom stereocenters. The monoisotopic (exact) mass is 319 g/mol. The molecule has 4 heteroatoms. The Morgan fingerprint density at radius 2 is 1.62 bits per heavy atom. The summed E-state index contributed by atoms with van der Waals surface area (Å²) in [4.78, 5) is 12.6. The van der Waals surface area contributed by atoms with Crippen LogP contribution in [-0.2, 0) is 10.2 Å². The average molecular weight is 320 g/mol. The quantitative estimate of drug-likeness (QED) is 0.850. The lowest BCUT2D eigenvalue weighted by Gasteiger charge is -2.16. The molecule has 1 aliphatic rings. The van der Waals surface area contributed by atoms with Gasteiger partial charge >= 0.3 is 0 Å². The molecular formula is C17H15Cl2NO. The maximum atomic E-state index is 12.6. The van der Waals surface area contributed by atoms with Crippen LogP contribution in [0.15, 0.2) is 42.5 Å². The highest BCUT2D eigenvalue weighted by Gasteiger charge is 2.51. The summed E-state index contributed by atoms with van der Waals surface area (Å²) in [5.41, 5.74) is 2.49. The van der Waals surface area contributed by atoms with Crippen LogP contribution in [0.25, 0.3) is 0 Å². The van der Waals surface area contributed by atoms with Crippen molar-refractivity contribution < 1.29 is 4.79 Å². The van der Waals surface area contributed by atoms with Crippen LogP contribution in [0.1, 0.15) is 24.0 Å². The van der Waals surface area contributed by atoms with Gasteiger partial charge in [0.25, 0.3) is 0 Å². The SMILES string of the molecule is Cc1ccc(C2(C(=O)Nc3cc(Cl)cc(Cl)c3)CC2)cc1. The molecule has 0 aliphatic heterocycles. The van der Waals surface area contributed by atoms with E-state index in [4.69, 9.17) is 23.2 Å². The van der Waals surface area contributed by atoms with Gasteiger partial charge in [0, 0.05) is 15.7 Å². The fourth-order valence-electron chi connectivity index (χ4n) is 2.52. The zero-order chi connectivity index (χ0) is 15.0. The van der Waals surface area contributed by atoms with Crippen LogP contribution < -0.4 is 5.32 Å². The van der Waals surface area contributed by atoms with E-state index < -0.39 is 5.41 Å². The van der Waals surface area contributed by atoms with Gasteiger partial charge in [-0.1, -0.05) is 53.0 Å². The van der Waals surface area contributed by atoms with Crippen molar-refractivity contribution in [1.29, 1.82) is 0 Å². The van der Waals surface area contributed by atoms with Gasteiger partial charge in [0.2, 0.25) is 5.91 Å². The predicted octanol–water partition coefficient (Wildman–Crippen LogP) is 4.97. The highest BCUT2D eigenvalue weighted by Crippen LogP contribution is 2.49. The van der Waals surface area contributed by atoms with Crippen LogP contribution in [0, 0.1) is 6.92 Å². The molecule has 2 nitrogen and oxygen atoms in total. The number of carbonyl (C=O) groups excluding carboxylic acids is 1. The number of hydrogen-bond acceptors (Lipinski definition) is 1. The Balaban J connectivity index is 1.83. The van der Waals surface area contributed by atoms with Gasteiger partial charge in [0.05, 0.1) is 5.41 Å². The molecule has 1 aliphatic carbocycles. The molecule has 0 aromatic heterocycles. The third-order valence-electron chi connectivity index (χ3n) is 3.91. The first-order chi connectivity index (χ1) is 9.99. The van der Waals surface area contributed by atoms with Crippen molar-refractivity contribution in [1.82, 2.24) is 0 Å². The van der Waals surface area contributed by atoms with Gasteiger partial charge in [-0.3, -0.25) is 4.79 Å². The van der Waals surface area contributed by atoms with Crippen LogP contribution >= 0.6 is 23.2 Å². The molecular weight excluding hydrogens is 305 g/mol. The number of halogens is 2. The number of benzene rings is 2. The summed E-state index contributed by atoms with van der Waals surface area (Å²) in [6, 6.07) is 13.2. The molecule has 2 aromatic carbocycles. The molecule has 0 heterocycles. The second-order valence-electron chi connectivity index (χ2n) is 5.56. The lowest BCUT2D eigenvalue weighted by Crippen LogP contribution is -2.27. The lowest BCUT2D eigenvalue weighted by molar-refractivity contribution is -0.118. The Morgan fingerprint density at radius 3 is 2.14 bits per heavy atom. The maximum Gasteiger partial charge on any atom is 0.235 e. The number of aryl methyl sites for hydroxylation is 1. The third kappa shape index (κ3) is 2.92. The van der Waals surface area contributed by atoms with E-state index in [-0.39, 0.29) is 5.91 Å². The third-order valence-corrected chi connectivity index (χ3v) is 4.35. The first-order valence-electron chi connectivity index (χ1n) is 6.84. The predicted molar refractivity (Wildman–Crippen MR) is 87.2 cm³/mol. The first kappa shape index (κ1) is 14.4. The minimum atomic E-state index is -0.400. The van der Waals surface area contributed by atoms with Crippen molar-refractivity contribution in [2.75, 3.05) is 5.32 Å². The Morgan fingerprint density at radius 1 is 1.05 bits per heavy atom. The summed E-state index contributed by atoms with van der Waals surface area (Å²) in [6.45, 7) is 2.04. The molecule has 0 bridgehead atoms. The highest BCUT2D eigenvalue weighted by molar-refractivity contribution is 6.35. The van der Waals surface area contributed by atoms with E-state index in [9.17, 15) is 4.79 Å². The van der Waals surface area contributed by atoms with E-state index in [1.807, 2.05) is 31.2 Å². The van der Waals surface area contributed by atoms with Gasteiger partial charge in [-0.2, -0.15) is 0 Å². The van der Waals surface area contributed by atoms with Gasteiger partial charge in [-0.25, -0.2) is 0 Å². The first-order valence-corrected chi connectivity index (χ1v) is 7.60. The number of rotatable bonds is 3. The molecule has 1 saturated carbocycles. The second kappa shape index (κ2) is 5.36. The number of nitrogens with one attached hydrogen (secondary N) is 1. The molecule has 0 spiro atoms. The summed E-state index contributed by atoms with van der Waals surface area (Å²) in [7, 11) is 0. The lowest BCUT2D eigenvalue weighted by atomic mass is 9.94. The van der Waals surface area contributed by atoms with Crippen LogP contribution in [-0.4, -0.2) is 5.91 Å². The molecule has 1 fully saturated rings. The molecule has 2 aromatic rings. The van der Waals surface area contributed by atoms with E-state index in [2.05, 4.69) is 5.32 Å². The Bertz CT molecular complexity index is 670. The van der Waals surface area contributed by atoms with Crippen LogP contribution in [0.3, 0.4) is 0 Å². The Labute approximate surface area is 134 Å². The van der Waals surface area contributed by atoms with E-state index in [1.165, 1.54) is 5.56 Å². The minimum Gasteiger partial charge on any atom is -0.325 e. The zero-order valence-corrected chi connectivity index (χ0v) is 13.1. The standard InChI is InChI=1S/C17H15Cl2NO/c1-11-2-4-12(5-3-11)17(6-7-17)16(21)20-15-9-13(18)8-14(19)10-15/h2-5,8-10H,6-7H2,1H3,(H,20,21). The van der Waals surface area contributed by atoms with Crippen LogP contribution in [0.2, 0.25) is 10.0 Å². The molecule has 0 atom stereocenters. The van der Waals surface area contributed by atoms with Crippen LogP contribution in [0.4, 0.5) is 5.69 Å². The summed E-state index contributed by atoms with van der Waals surface area (Å²) in [5.74, 6) is 0.00434. The van der Waals surface area contributed by atoms with Gasteiger partial charge in [-0.05, 0) is 43.5 Å². The fraction of sp³-hybridized carbons (Fsp3) is 0.235. The van der Waals surface area contributed by atoms with E-state index in [0.29, 0.717) is 15.7 Å². The van der Waals surface area contributed by atoms with E-state index in [1.54, 1.807) is 18.2 Å². The minimum absolute atomic E-state index is 0.00434. The molecule has 1 N–H and O–H groups in total. The molecule has 1 amide bonds. The van der Waals surface area contributed by atoms with E-state index >= 15 is 0 Å². The van der Waals surface area contributed by atoms with Crippen LogP contribution in [0.5, 0.6) is 0 Å². The van der Waals surface area contributed by atoms with Crippen molar-refractivity contribution in [2.24, 2.45) is 0 Å². The van der Waals surface area contributed by atoms with Gasteiger partial charge in [0.15, 0.2) is 0 Å². The summed E-state index contributed by atoms with van der Waals surface area (Å²) in [6.07, 6.45) is 1.74. The molecule has 0 radical (unpaired) electrons. The topological polar surface area (TPSA) is 29.1 Å². The van der Waals surface area contributed by atoms with Crippen molar-refractivity contribution in [3.8, 4) is 0 Å². The van der Waals surface area contributed by atoms with Gasteiger partial charge in [-0.15, -0.1) is 0 Å². The number of amides is 1. The number of anilines is 1. The molecule has 21 heavy (non-hydrogen) atoms. The highest BCUT2D eigenvalue weighted by atomic mass is 35.5. The molecule has 108 valence electrons. The van der Waals surface area contributed by atoms with Crippen molar-refractivity contribution in [3.05, 3.63) is 63.6 Å². The largest absolute Gasteiger partial charge is 0.325 e. The normalized spacial score (nSPS) is 15.6. The summed E-state index contributed by atoms with van der Waals surface area (Å²) in [5, 5.41) is 3.96. The number of hydrogen-bond donors (Lipinski definition) is 1. The second-order valence-corrected chi connectivity index (χ2v) is 6.43. The molecule has 3 rings (SSSR count). The summed E-state index contributed by atoms with van der Waals surface area (Å²) >= 11 is 11.9. The molecule has 0 saturated heterocycles. The van der Waals surface area contributed by atoms with Crippen molar-refractivity contribution >= 4 is 34.8 Å². The Hall–Kier alpha value is -1.51. The van der Waals surface area contributed by atoms with Gasteiger partial charge < -0.3 is 5.32 Å². The summed E-state index contributed by atoms with van der Waals surface area (Å²) < 4.78 is 0. The fourth-order valence-corrected chi connectivity index (χ4v) is 3.05. The van der Waals surface area contributed by atoms with E-state index in [0.717, 1.165) is 18.4 Å². The Kier molecular flexibility index (Phi) is 3.68. The average Bonchev–Trinajstić information content (AvgIpc) is 3.19. The number of carbonyl (C=O) groups is 1. The smallest absolute Gasteiger partial charge is 0.235 e.